The Labute approximate surface area is 188 Å². The Bertz CT molecular complexity index is 1220. The SMILES string of the molecule is Cc1c(C(=O)Nc2nnc(SCc3ccccc3)s2)cnn1-c1ccc(C(F)(F)F)cn1. The van der Waals surface area contributed by atoms with Crippen molar-refractivity contribution in [3.05, 3.63) is 77.2 Å². The largest absolute Gasteiger partial charge is 0.417 e. The van der Waals surface area contributed by atoms with Crippen molar-refractivity contribution >= 4 is 34.1 Å². The standard InChI is InChI=1S/C20H15F3N6OS2/c1-12-15(10-25-29(12)16-8-7-14(9-24-16)20(21,22)23)17(30)26-18-27-28-19(32-18)31-11-13-5-3-2-4-6-13/h2-10H,11H2,1H3,(H,26,27,30). The predicted octanol–water partition coefficient (Wildman–Crippen LogP) is 4.99. The van der Waals surface area contributed by atoms with Crippen molar-refractivity contribution in [1.29, 1.82) is 0 Å². The van der Waals surface area contributed by atoms with Crippen LogP contribution in [0.5, 0.6) is 0 Å². The predicted molar refractivity (Wildman–Crippen MR) is 115 cm³/mol. The van der Waals surface area contributed by atoms with Crippen LogP contribution in [0.4, 0.5) is 18.3 Å². The number of hydrogen-bond acceptors (Lipinski definition) is 7. The van der Waals surface area contributed by atoms with Gasteiger partial charge in [-0.3, -0.25) is 10.1 Å². The number of benzene rings is 1. The second-order valence-electron chi connectivity index (χ2n) is 6.56. The topological polar surface area (TPSA) is 85.6 Å². The molecule has 4 aromatic rings. The average molecular weight is 477 g/mol. The molecule has 0 unspecified atom stereocenters. The maximum Gasteiger partial charge on any atom is 0.417 e. The molecule has 0 fully saturated rings. The van der Waals surface area contributed by atoms with E-state index in [4.69, 9.17) is 0 Å². The lowest BCUT2D eigenvalue weighted by Gasteiger charge is -2.08. The van der Waals surface area contributed by atoms with Gasteiger partial charge < -0.3 is 0 Å². The van der Waals surface area contributed by atoms with E-state index >= 15 is 0 Å². The second kappa shape index (κ2) is 9.09. The van der Waals surface area contributed by atoms with E-state index in [1.54, 1.807) is 6.92 Å². The van der Waals surface area contributed by atoms with Crippen molar-refractivity contribution in [1.82, 2.24) is 25.0 Å². The van der Waals surface area contributed by atoms with E-state index in [-0.39, 0.29) is 11.4 Å². The highest BCUT2D eigenvalue weighted by molar-refractivity contribution is 8.00. The summed E-state index contributed by atoms with van der Waals surface area (Å²) in [4.78, 5) is 16.5. The number of thioether (sulfide) groups is 1. The molecule has 0 atom stereocenters. The van der Waals surface area contributed by atoms with Crippen LogP contribution in [0, 0.1) is 6.92 Å². The number of amides is 1. The fourth-order valence-corrected chi connectivity index (χ4v) is 4.45. The maximum atomic E-state index is 12.7. The molecule has 0 saturated heterocycles. The van der Waals surface area contributed by atoms with E-state index in [1.165, 1.54) is 40.0 Å². The van der Waals surface area contributed by atoms with Crippen LogP contribution in [0.1, 0.15) is 27.2 Å². The van der Waals surface area contributed by atoms with Gasteiger partial charge in [-0.25, -0.2) is 9.67 Å². The summed E-state index contributed by atoms with van der Waals surface area (Å²) in [6, 6.07) is 12.0. The molecule has 0 aliphatic rings. The number of hydrogen-bond donors (Lipinski definition) is 1. The first kappa shape index (κ1) is 22.0. The number of nitrogens with one attached hydrogen (secondary N) is 1. The molecule has 0 saturated carbocycles. The van der Waals surface area contributed by atoms with Crippen molar-refractivity contribution < 1.29 is 18.0 Å². The summed E-state index contributed by atoms with van der Waals surface area (Å²) < 4.78 is 40.2. The highest BCUT2D eigenvalue weighted by atomic mass is 32.2. The van der Waals surface area contributed by atoms with Gasteiger partial charge in [-0.1, -0.05) is 53.4 Å². The Morgan fingerprint density at radius 1 is 1.12 bits per heavy atom. The van der Waals surface area contributed by atoms with Crippen LogP contribution in [-0.2, 0) is 11.9 Å². The molecule has 1 amide bonds. The van der Waals surface area contributed by atoms with E-state index < -0.39 is 17.6 Å². The molecule has 32 heavy (non-hydrogen) atoms. The molecule has 3 aromatic heterocycles. The Kier molecular flexibility index (Phi) is 6.24. The van der Waals surface area contributed by atoms with E-state index in [0.29, 0.717) is 15.2 Å². The molecule has 0 spiro atoms. The van der Waals surface area contributed by atoms with Crippen LogP contribution in [0.25, 0.3) is 5.82 Å². The fourth-order valence-electron chi connectivity index (χ4n) is 2.74. The van der Waals surface area contributed by atoms with Gasteiger partial charge in [0.25, 0.3) is 5.91 Å². The highest BCUT2D eigenvalue weighted by Crippen LogP contribution is 2.30. The summed E-state index contributed by atoms with van der Waals surface area (Å²) in [5.41, 5.74) is 0.970. The van der Waals surface area contributed by atoms with Crippen molar-refractivity contribution in [2.45, 2.75) is 23.2 Å². The minimum absolute atomic E-state index is 0.171. The number of rotatable bonds is 6. The third-order valence-electron chi connectivity index (χ3n) is 4.38. The van der Waals surface area contributed by atoms with Crippen LogP contribution in [0.2, 0.25) is 0 Å². The Hall–Kier alpha value is -3.25. The summed E-state index contributed by atoms with van der Waals surface area (Å²) >= 11 is 2.76. The van der Waals surface area contributed by atoms with Crippen LogP contribution in [0.3, 0.4) is 0 Å². The number of carbonyl (C=O) groups is 1. The van der Waals surface area contributed by atoms with Gasteiger partial charge in [0.1, 0.15) is 0 Å². The first-order valence-corrected chi connectivity index (χ1v) is 11.0. The van der Waals surface area contributed by atoms with Gasteiger partial charge in [-0.15, -0.1) is 10.2 Å². The third kappa shape index (κ3) is 4.97. The lowest BCUT2D eigenvalue weighted by atomic mass is 10.2. The number of carbonyl (C=O) groups excluding carboxylic acids is 1. The molecular weight excluding hydrogens is 461 g/mol. The molecule has 0 radical (unpaired) electrons. The van der Waals surface area contributed by atoms with E-state index in [0.717, 1.165) is 23.6 Å². The van der Waals surface area contributed by atoms with Crippen LogP contribution in [-0.4, -0.2) is 30.9 Å². The van der Waals surface area contributed by atoms with Crippen LogP contribution < -0.4 is 5.32 Å². The van der Waals surface area contributed by atoms with Crippen molar-refractivity contribution in [2.24, 2.45) is 0 Å². The first-order chi connectivity index (χ1) is 15.3. The summed E-state index contributed by atoms with van der Waals surface area (Å²) in [6.07, 6.45) is -2.42. The monoisotopic (exact) mass is 476 g/mol. The minimum Gasteiger partial charge on any atom is -0.296 e. The number of anilines is 1. The normalized spacial score (nSPS) is 11.5. The highest BCUT2D eigenvalue weighted by Gasteiger charge is 2.30. The Morgan fingerprint density at radius 2 is 1.91 bits per heavy atom. The van der Waals surface area contributed by atoms with Gasteiger partial charge in [-0.05, 0) is 24.6 Å². The van der Waals surface area contributed by atoms with Crippen molar-refractivity contribution in [2.75, 3.05) is 5.32 Å². The third-order valence-corrected chi connectivity index (χ3v) is 6.42. The summed E-state index contributed by atoms with van der Waals surface area (Å²) in [5, 5.41) is 15.2. The second-order valence-corrected chi connectivity index (χ2v) is 8.76. The van der Waals surface area contributed by atoms with Crippen LogP contribution in [0.15, 0.2) is 59.2 Å². The zero-order valence-corrected chi connectivity index (χ0v) is 18.1. The van der Waals surface area contributed by atoms with Gasteiger partial charge >= 0.3 is 6.18 Å². The Morgan fingerprint density at radius 3 is 2.59 bits per heavy atom. The summed E-state index contributed by atoms with van der Waals surface area (Å²) in [6.45, 7) is 1.63. The summed E-state index contributed by atoms with van der Waals surface area (Å²) in [7, 11) is 0. The zero-order chi connectivity index (χ0) is 22.7. The quantitative estimate of drug-likeness (QED) is 0.312. The van der Waals surface area contributed by atoms with Gasteiger partial charge in [0.15, 0.2) is 10.2 Å². The van der Waals surface area contributed by atoms with Crippen LogP contribution >= 0.6 is 23.1 Å². The van der Waals surface area contributed by atoms with Gasteiger partial charge in [0.2, 0.25) is 5.13 Å². The molecule has 164 valence electrons. The molecule has 7 nitrogen and oxygen atoms in total. The average Bonchev–Trinajstić information content (AvgIpc) is 3.38. The number of halogens is 3. The number of alkyl halides is 3. The first-order valence-electron chi connectivity index (χ1n) is 9.21. The molecule has 0 aliphatic carbocycles. The van der Waals surface area contributed by atoms with E-state index in [2.05, 4.69) is 25.6 Å². The molecule has 0 bridgehead atoms. The maximum absolute atomic E-state index is 12.7. The number of nitrogens with zero attached hydrogens (tertiary/aromatic N) is 5. The summed E-state index contributed by atoms with van der Waals surface area (Å²) in [5.74, 6) is 0.455. The molecule has 1 N–H and O–H groups in total. The van der Waals surface area contributed by atoms with Gasteiger partial charge in [0, 0.05) is 11.9 Å². The van der Waals surface area contributed by atoms with E-state index in [9.17, 15) is 18.0 Å². The fraction of sp³-hybridized carbons (Fsp3) is 0.150. The molecule has 0 aliphatic heterocycles. The zero-order valence-electron chi connectivity index (χ0n) is 16.5. The molecule has 3 heterocycles. The molecule has 4 rings (SSSR count). The van der Waals surface area contributed by atoms with Gasteiger partial charge in [-0.2, -0.15) is 18.3 Å². The molecule has 1 aromatic carbocycles. The Balaban J connectivity index is 1.42. The lowest BCUT2D eigenvalue weighted by molar-refractivity contribution is -0.137. The van der Waals surface area contributed by atoms with Gasteiger partial charge in [0.05, 0.1) is 23.0 Å². The van der Waals surface area contributed by atoms with Crippen molar-refractivity contribution in [3.63, 3.8) is 0 Å². The van der Waals surface area contributed by atoms with Crippen molar-refractivity contribution in [3.8, 4) is 5.82 Å². The molecule has 12 heteroatoms. The smallest absolute Gasteiger partial charge is 0.296 e. The molecular formula is C20H15F3N6OS2. The lowest BCUT2D eigenvalue weighted by Crippen LogP contribution is -2.13. The minimum atomic E-state index is -4.48. The van der Waals surface area contributed by atoms with E-state index in [1.807, 2.05) is 30.3 Å². The number of pyridine rings is 1. The number of aromatic nitrogens is 5.